The van der Waals surface area contributed by atoms with Gasteiger partial charge in [-0.05, 0) is 50.9 Å². The van der Waals surface area contributed by atoms with E-state index in [1.165, 1.54) is 148 Å². The molecule has 57 heavy (non-hydrogen) atoms. The number of aliphatic hydroxyl groups excluding tert-OH is 5. The van der Waals surface area contributed by atoms with Gasteiger partial charge in [0.25, 0.3) is 0 Å². The van der Waals surface area contributed by atoms with E-state index >= 15 is 0 Å². The Balaban J connectivity index is 2.30. The fraction of sp³-hybridized carbons (Fsp3) is 0.896. The number of unbranched alkanes of at least 4 members (excludes halogenated alkanes) is 24. The minimum atomic E-state index is -1.56. The molecule has 1 heterocycles. The quantitative estimate of drug-likeness (QED) is 0.0266. The molecule has 9 nitrogen and oxygen atoms in total. The first-order valence-corrected chi connectivity index (χ1v) is 24.0. The summed E-state index contributed by atoms with van der Waals surface area (Å²) in [4.78, 5) is 13.0. The van der Waals surface area contributed by atoms with Crippen LogP contribution >= 0.6 is 0 Å². The molecule has 0 saturated carbocycles. The van der Waals surface area contributed by atoms with Crippen molar-refractivity contribution < 1.29 is 39.8 Å². The fourth-order valence-corrected chi connectivity index (χ4v) is 7.54. The first-order valence-electron chi connectivity index (χ1n) is 24.0. The Morgan fingerprint density at radius 3 is 1.63 bits per heavy atom. The molecule has 0 aliphatic carbocycles. The van der Waals surface area contributed by atoms with Gasteiger partial charge in [-0.1, -0.05) is 186 Å². The zero-order valence-corrected chi connectivity index (χ0v) is 37.0. The summed E-state index contributed by atoms with van der Waals surface area (Å²) in [6.45, 7) is 6.11. The Labute approximate surface area is 349 Å². The van der Waals surface area contributed by atoms with E-state index in [2.05, 4.69) is 38.2 Å². The third-order valence-electron chi connectivity index (χ3n) is 11.8. The number of carbonyl (C=O) groups is 1. The van der Waals surface area contributed by atoms with Gasteiger partial charge < -0.3 is 40.3 Å². The maximum absolute atomic E-state index is 13.0. The second-order valence-corrected chi connectivity index (χ2v) is 17.1. The van der Waals surface area contributed by atoms with Gasteiger partial charge in [0.1, 0.15) is 24.4 Å². The summed E-state index contributed by atoms with van der Waals surface area (Å²) in [5.41, 5.74) is 0. The second kappa shape index (κ2) is 37.7. The van der Waals surface area contributed by atoms with Crippen molar-refractivity contribution in [1.82, 2.24) is 5.32 Å². The Bertz CT molecular complexity index is 961. The van der Waals surface area contributed by atoms with Crippen LogP contribution in [0.3, 0.4) is 0 Å². The third-order valence-corrected chi connectivity index (χ3v) is 11.8. The molecule has 9 heteroatoms. The average molecular weight is 810 g/mol. The lowest BCUT2D eigenvalue weighted by atomic mass is 9.99. The Hall–Kier alpha value is -1.33. The van der Waals surface area contributed by atoms with Crippen LogP contribution < -0.4 is 5.32 Å². The highest BCUT2D eigenvalue weighted by atomic mass is 16.7. The Kier molecular flexibility index (Phi) is 35.5. The molecule has 4 unspecified atom stereocenters. The van der Waals surface area contributed by atoms with E-state index < -0.39 is 49.5 Å². The molecule has 0 aromatic rings. The van der Waals surface area contributed by atoms with Gasteiger partial charge in [0.05, 0.1) is 25.4 Å². The predicted molar refractivity (Wildman–Crippen MR) is 235 cm³/mol. The van der Waals surface area contributed by atoms with Gasteiger partial charge in [0, 0.05) is 6.42 Å². The van der Waals surface area contributed by atoms with Crippen LogP contribution in [0, 0.1) is 5.92 Å². The van der Waals surface area contributed by atoms with Crippen LogP contribution in [0.25, 0.3) is 0 Å². The summed E-state index contributed by atoms with van der Waals surface area (Å²) >= 11 is 0. The lowest BCUT2D eigenvalue weighted by Gasteiger charge is -2.40. The second-order valence-electron chi connectivity index (χ2n) is 17.1. The minimum Gasteiger partial charge on any atom is -0.394 e. The van der Waals surface area contributed by atoms with Gasteiger partial charge in [-0.25, -0.2) is 0 Å². The van der Waals surface area contributed by atoms with Crippen LogP contribution in [0.4, 0.5) is 0 Å². The van der Waals surface area contributed by atoms with Crippen molar-refractivity contribution in [3.05, 3.63) is 24.3 Å². The highest BCUT2D eigenvalue weighted by Gasteiger charge is 2.44. The number of hydrogen-bond acceptors (Lipinski definition) is 8. The summed E-state index contributed by atoms with van der Waals surface area (Å²) in [5, 5.41) is 54.2. The lowest BCUT2D eigenvalue weighted by molar-refractivity contribution is -0.302. The molecule has 1 fully saturated rings. The molecule has 0 aromatic carbocycles. The average Bonchev–Trinajstić information content (AvgIpc) is 3.21. The van der Waals surface area contributed by atoms with Gasteiger partial charge in [0.2, 0.25) is 5.91 Å². The zero-order valence-electron chi connectivity index (χ0n) is 37.0. The first-order chi connectivity index (χ1) is 27.7. The predicted octanol–water partition coefficient (Wildman–Crippen LogP) is 10.1. The number of hydrogen-bond donors (Lipinski definition) is 6. The van der Waals surface area contributed by atoms with Crippen LogP contribution in [-0.4, -0.2) is 87.5 Å². The van der Waals surface area contributed by atoms with Gasteiger partial charge in [-0.15, -0.1) is 0 Å². The van der Waals surface area contributed by atoms with Gasteiger partial charge in [-0.3, -0.25) is 4.79 Å². The van der Waals surface area contributed by atoms with E-state index in [9.17, 15) is 30.3 Å². The van der Waals surface area contributed by atoms with Gasteiger partial charge in [0.15, 0.2) is 6.29 Å². The summed E-state index contributed by atoms with van der Waals surface area (Å²) < 4.78 is 11.2. The van der Waals surface area contributed by atoms with Crippen molar-refractivity contribution >= 4 is 5.91 Å². The topological polar surface area (TPSA) is 149 Å². The molecule has 0 radical (unpaired) electrons. The van der Waals surface area contributed by atoms with E-state index in [4.69, 9.17) is 9.47 Å². The van der Waals surface area contributed by atoms with Crippen molar-refractivity contribution in [3.8, 4) is 0 Å². The maximum Gasteiger partial charge on any atom is 0.220 e. The number of rotatable bonds is 39. The standard InChI is InChI=1S/C48H91NO8/c1-4-6-7-8-9-10-11-12-13-14-15-16-17-18-19-20-21-25-28-31-34-37-44(52)49-41(39-56-48-47(55)46(54)45(53)43(38-50)57-48)42(51)36-33-30-27-24-22-23-26-29-32-35-40(3)5-2/h12-13,33,36,40-43,45-48,50-51,53-55H,4-11,14-32,34-35,37-39H2,1-3H3,(H,49,52)/b13-12-,36-33+/t40?,41-,42+,43?,45+,46?,47?,48+/m0/s1. The van der Waals surface area contributed by atoms with Crippen LogP contribution in [0.1, 0.15) is 213 Å². The molecule has 0 spiro atoms. The molecular weight excluding hydrogens is 719 g/mol. The van der Waals surface area contributed by atoms with Crippen LogP contribution in [-0.2, 0) is 14.3 Å². The Morgan fingerprint density at radius 2 is 1.12 bits per heavy atom. The van der Waals surface area contributed by atoms with E-state index in [1.807, 2.05) is 6.08 Å². The van der Waals surface area contributed by atoms with Crippen molar-refractivity contribution in [2.24, 2.45) is 5.92 Å². The van der Waals surface area contributed by atoms with Crippen molar-refractivity contribution in [1.29, 1.82) is 0 Å². The van der Waals surface area contributed by atoms with E-state index in [1.54, 1.807) is 6.08 Å². The number of nitrogens with one attached hydrogen (secondary N) is 1. The molecule has 8 atom stereocenters. The number of amides is 1. The molecule has 1 amide bonds. The molecule has 0 aromatic heterocycles. The normalized spacial score (nSPS) is 21.7. The SMILES string of the molecule is CCCCCCCC/C=C\CCCCCCCCCCCCCC(=O)N[C@@H](CO[C@@H]1OC(CO)[C@@H](O)C(O)C1O)[C@H](O)/C=C/CCCCCCCCCC(C)CC. The molecule has 1 aliphatic rings. The molecule has 6 N–H and O–H groups in total. The maximum atomic E-state index is 13.0. The number of aliphatic hydroxyl groups is 5. The molecule has 1 saturated heterocycles. The smallest absolute Gasteiger partial charge is 0.220 e. The fourth-order valence-electron chi connectivity index (χ4n) is 7.54. The third kappa shape index (κ3) is 28.7. The molecule has 1 rings (SSSR count). The molecule has 1 aliphatic heterocycles. The van der Waals surface area contributed by atoms with Crippen LogP contribution in [0.5, 0.6) is 0 Å². The van der Waals surface area contributed by atoms with Crippen molar-refractivity contribution in [3.63, 3.8) is 0 Å². The van der Waals surface area contributed by atoms with Crippen LogP contribution in [0.15, 0.2) is 24.3 Å². The molecule has 0 bridgehead atoms. The van der Waals surface area contributed by atoms with Gasteiger partial charge in [-0.2, -0.15) is 0 Å². The summed E-state index contributed by atoms with van der Waals surface area (Å²) in [7, 11) is 0. The Morgan fingerprint density at radius 1 is 0.649 bits per heavy atom. The number of allylic oxidation sites excluding steroid dienone is 3. The minimum absolute atomic E-state index is 0.178. The number of ether oxygens (including phenoxy) is 2. The molecular formula is C48H91NO8. The monoisotopic (exact) mass is 810 g/mol. The van der Waals surface area contributed by atoms with Crippen molar-refractivity contribution in [2.75, 3.05) is 13.2 Å². The first kappa shape index (κ1) is 53.7. The van der Waals surface area contributed by atoms with E-state index in [-0.39, 0.29) is 12.5 Å². The summed E-state index contributed by atoms with van der Waals surface area (Å²) in [6, 6.07) is -0.803. The lowest BCUT2D eigenvalue weighted by Crippen LogP contribution is -2.60. The summed E-state index contributed by atoms with van der Waals surface area (Å²) in [6.07, 6.45) is 36.5. The summed E-state index contributed by atoms with van der Waals surface area (Å²) in [5.74, 6) is 0.651. The molecule has 336 valence electrons. The van der Waals surface area contributed by atoms with Gasteiger partial charge >= 0.3 is 0 Å². The zero-order chi connectivity index (χ0) is 41.8. The number of carbonyl (C=O) groups excluding carboxylic acids is 1. The van der Waals surface area contributed by atoms with E-state index in [0.717, 1.165) is 44.4 Å². The van der Waals surface area contributed by atoms with Crippen molar-refractivity contribution in [2.45, 2.75) is 256 Å². The highest BCUT2D eigenvalue weighted by Crippen LogP contribution is 2.23. The largest absolute Gasteiger partial charge is 0.394 e. The van der Waals surface area contributed by atoms with Crippen LogP contribution in [0.2, 0.25) is 0 Å². The highest BCUT2D eigenvalue weighted by molar-refractivity contribution is 5.76. The van der Waals surface area contributed by atoms with E-state index in [0.29, 0.717) is 6.42 Å².